The maximum Gasteiger partial charge on any atom is 0.266 e. The normalized spacial score (nSPS) is 11.0. The standard InChI is InChI=1S/C34H30Br2N2O4/c1-4-40-32-18-25(13-14-31(32)41-20-24-10-6-5-7-11-24)21-42-33-28(35)16-26(17-29(33)36)15-27(19-37)34(39)38-30-12-8-9-22(2)23(30)3/h5-18H,4,20-21H2,1-3H3,(H,38,39)/b27-15-. The van der Waals surface area contributed by atoms with Crippen molar-refractivity contribution >= 4 is 49.5 Å². The molecule has 1 N–H and O–H groups in total. The van der Waals surface area contributed by atoms with Crippen LogP contribution in [0.2, 0.25) is 0 Å². The first-order chi connectivity index (χ1) is 20.3. The van der Waals surface area contributed by atoms with Gasteiger partial charge in [0.2, 0.25) is 0 Å². The number of hydrogen-bond donors (Lipinski definition) is 1. The highest BCUT2D eigenvalue weighted by Gasteiger charge is 2.15. The number of hydrogen-bond acceptors (Lipinski definition) is 5. The Kier molecular flexibility index (Phi) is 10.8. The molecule has 4 rings (SSSR count). The van der Waals surface area contributed by atoms with Crippen molar-refractivity contribution in [1.29, 1.82) is 5.26 Å². The third-order valence-electron chi connectivity index (χ3n) is 6.48. The van der Waals surface area contributed by atoms with Gasteiger partial charge in [-0.1, -0.05) is 48.5 Å². The minimum Gasteiger partial charge on any atom is -0.490 e. The number of carbonyl (C=O) groups is 1. The molecular formula is C34H30Br2N2O4. The number of amides is 1. The third kappa shape index (κ3) is 8.03. The maximum absolute atomic E-state index is 12.8. The summed E-state index contributed by atoms with van der Waals surface area (Å²) in [5, 5.41) is 12.5. The highest BCUT2D eigenvalue weighted by molar-refractivity contribution is 9.11. The lowest BCUT2D eigenvalue weighted by Crippen LogP contribution is -2.14. The zero-order valence-electron chi connectivity index (χ0n) is 23.5. The van der Waals surface area contributed by atoms with Gasteiger partial charge in [0.1, 0.15) is 30.6 Å². The molecule has 0 aliphatic heterocycles. The van der Waals surface area contributed by atoms with Crippen LogP contribution in [0.4, 0.5) is 5.69 Å². The van der Waals surface area contributed by atoms with Crippen LogP contribution in [0.15, 0.2) is 93.4 Å². The molecule has 6 nitrogen and oxygen atoms in total. The van der Waals surface area contributed by atoms with E-state index in [4.69, 9.17) is 14.2 Å². The Balaban J connectivity index is 1.46. The van der Waals surface area contributed by atoms with Crippen LogP contribution in [0.5, 0.6) is 17.2 Å². The molecule has 8 heteroatoms. The molecule has 1 amide bonds. The molecule has 0 atom stereocenters. The van der Waals surface area contributed by atoms with Crippen molar-refractivity contribution in [2.75, 3.05) is 11.9 Å². The summed E-state index contributed by atoms with van der Waals surface area (Å²) >= 11 is 7.15. The highest BCUT2D eigenvalue weighted by Crippen LogP contribution is 2.37. The lowest BCUT2D eigenvalue weighted by atomic mass is 10.1. The second-order valence-electron chi connectivity index (χ2n) is 9.46. The Morgan fingerprint density at radius 3 is 2.26 bits per heavy atom. The van der Waals surface area contributed by atoms with E-state index in [0.717, 1.165) is 22.3 Å². The molecule has 4 aromatic carbocycles. The van der Waals surface area contributed by atoms with Gasteiger partial charge in [-0.05, 0) is 117 Å². The predicted octanol–water partition coefficient (Wildman–Crippen LogP) is 8.93. The van der Waals surface area contributed by atoms with Crippen molar-refractivity contribution in [3.8, 4) is 23.3 Å². The number of nitrogens with zero attached hydrogens (tertiary/aromatic N) is 1. The van der Waals surface area contributed by atoms with E-state index in [0.29, 0.717) is 50.7 Å². The molecule has 0 radical (unpaired) electrons. The van der Waals surface area contributed by atoms with Gasteiger partial charge < -0.3 is 19.5 Å². The van der Waals surface area contributed by atoms with Crippen LogP contribution in [0.1, 0.15) is 34.7 Å². The van der Waals surface area contributed by atoms with Gasteiger partial charge in [0.25, 0.3) is 5.91 Å². The number of aryl methyl sites for hydroxylation is 1. The van der Waals surface area contributed by atoms with Crippen molar-refractivity contribution in [3.05, 3.63) is 121 Å². The molecule has 0 fully saturated rings. The van der Waals surface area contributed by atoms with Crippen LogP contribution in [0.3, 0.4) is 0 Å². The smallest absolute Gasteiger partial charge is 0.266 e. The maximum atomic E-state index is 12.8. The lowest BCUT2D eigenvalue weighted by Gasteiger charge is -2.15. The van der Waals surface area contributed by atoms with Crippen LogP contribution < -0.4 is 19.5 Å². The fourth-order valence-corrected chi connectivity index (χ4v) is 5.56. The fourth-order valence-electron chi connectivity index (χ4n) is 4.11. The van der Waals surface area contributed by atoms with Gasteiger partial charge in [0.05, 0.1) is 15.6 Å². The van der Waals surface area contributed by atoms with E-state index in [-0.39, 0.29) is 12.2 Å². The van der Waals surface area contributed by atoms with E-state index < -0.39 is 5.91 Å². The van der Waals surface area contributed by atoms with E-state index >= 15 is 0 Å². The number of ether oxygens (including phenoxy) is 3. The molecule has 0 heterocycles. The lowest BCUT2D eigenvalue weighted by molar-refractivity contribution is -0.112. The molecule has 4 aromatic rings. The summed E-state index contributed by atoms with van der Waals surface area (Å²) in [6.07, 6.45) is 1.54. The number of rotatable bonds is 11. The Hall–Kier alpha value is -4.06. The van der Waals surface area contributed by atoms with Crippen molar-refractivity contribution < 1.29 is 19.0 Å². The van der Waals surface area contributed by atoms with Crippen LogP contribution in [0, 0.1) is 25.2 Å². The zero-order valence-corrected chi connectivity index (χ0v) is 26.7. The summed E-state index contributed by atoms with van der Waals surface area (Å²) in [6, 6.07) is 27.0. The van der Waals surface area contributed by atoms with E-state index in [1.165, 1.54) is 0 Å². The summed E-state index contributed by atoms with van der Waals surface area (Å²) in [4.78, 5) is 12.8. The first kappa shape index (κ1) is 30.9. The summed E-state index contributed by atoms with van der Waals surface area (Å²) in [5.74, 6) is 1.43. The van der Waals surface area contributed by atoms with Crippen molar-refractivity contribution in [2.45, 2.75) is 34.0 Å². The van der Waals surface area contributed by atoms with Crippen molar-refractivity contribution in [2.24, 2.45) is 0 Å². The molecule has 0 saturated heterocycles. The summed E-state index contributed by atoms with van der Waals surface area (Å²) in [5.41, 5.74) is 5.31. The topological polar surface area (TPSA) is 80.6 Å². The van der Waals surface area contributed by atoms with Crippen molar-refractivity contribution in [3.63, 3.8) is 0 Å². The number of halogens is 2. The van der Waals surface area contributed by atoms with Gasteiger partial charge in [-0.15, -0.1) is 0 Å². The molecular weight excluding hydrogens is 660 g/mol. The summed E-state index contributed by atoms with van der Waals surface area (Å²) in [7, 11) is 0. The van der Waals surface area contributed by atoms with Crippen LogP contribution >= 0.6 is 31.9 Å². The second kappa shape index (κ2) is 14.7. The van der Waals surface area contributed by atoms with Crippen LogP contribution in [0.25, 0.3) is 6.08 Å². The Labute approximate surface area is 263 Å². The molecule has 0 unspecified atom stereocenters. The highest BCUT2D eigenvalue weighted by atomic mass is 79.9. The average molecular weight is 690 g/mol. The SMILES string of the molecule is CCOc1cc(COc2c(Br)cc(/C=C(/C#N)C(=O)Nc3cccc(C)c3C)cc2Br)ccc1OCc1ccccc1. The van der Waals surface area contributed by atoms with E-state index in [1.54, 1.807) is 18.2 Å². The first-order valence-corrected chi connectivity index (χ1v) is 14.9. The Morgan fingerprint density at radius 2 is 1.57 bits per heavy atom. The second-order valence-corrected chi connectivity index (χ2v) is 11.2. The van der Waals surface area contributed by atoms with E-state index in [9.17, 15) is 10.1 Å². The third-order valence-corrected chi connectivity index (χ3v) is 7.66. The minimum atomic E-state index is -0.472. The molecule has 0 aliphatic carbocycles. The van der Waals surface area contributed by atoms with Gasteiger partial charge in [0, 0.05) is 5.69 Å². The quantitative estimate of drug-likeness (QED) is 0.126. The number of carbonyl (C=O) groups excluding carboxylic acids is 1. The molecule has 0 aliphatic rings. The molecule has 214 valence electrons. The van der Waals surface area contributed by atoms with E-state index in [2.05, 4.69) is 37.2 Å². The predicted molar refractivity (Wildman–Crippen MR) is 173 cm³/mol. The van der Waals surface area contributed by atoms with Crippen molar-refractivity contribution in [1.82, 2.24) is 0 Å². The Morgan fingerprint density at radius 1 is 0.857 bits per heavy atom. The van der Waals surface area contributed by atoms with Gasteiger partial charge in [-0.3, -0.25) is 4.79 Å². The Bertz CT molecular complexity index is 1620. The van der Waals surface area contributed by atoms with Gasteiger partial charge >= 0.3 is 0 Å². The molecule has 0 spiro atoms. The number of anilines is 1. The minimum absolute atomic E-state index is 0.0126. The molecule has 42 heavy (non-hydrogen) atoms. The number of benzene rings is 4. The number of nitriles is 1. The van der Waals surface area contributed by atoms with Gasteiger partial charge in [0.15, 0.2) is 11.5 Å². The summed E-state index contributed by atoms with van der Waals surface area (Å²) < 4.78 is 19.3. The zero-order chi connectivity index (χ0) is 30.1. The molecule has 0 bridgehead atoms. The average Bonchev–Trinajstić information content (AvgIpc) is 2.98. The largest absolute Gasteiger partial charge is 0.490 e. The fraction of sp³-hybridized carbons (Fsp3) is 0.176. The molecule has 0 aromatic heterocycles. The van der Waals surface area contributed by atoms with Crippen LogP contribution in [-0.2, 0) is 18.0 Å². The molecule has 0 saturated carbocycles. The first-order valence-electron chi connectivity index (χ1n) is 13.3. The van der Waals surface area contributed by atoms with Crippen LogP contribution in [-0.4, -0.2) is 12.5 Å². The number of nitrogens with one attached hydrogen (secondary N) is 1. The van der Waals surface area contributed by atoms with Gasteiger partial charge in [-0.2, -0.15) is 5.26 Å². The monoisotopic (exact) mass is 688 g/mol. The summed E-state index contributed by atoms with van der Waals surface area (Å²) in [6.45, 7) is 7.06. The van der Waals surface area contributed by atoms with Gasteiger partial charge in [-0.25, -0.2) is 0 Å². The van der Waals surface area contributed by atoms with E-state index in [1.807, 2.05) is 93.6 Å².